The van der Waals surface area contributed by atoms with E-state index < -0.39 is 0 Å². The number of pyridine rings is 1. The average Bonchev–Trinajstić information content (AvgIpc) is 3.04. The first-order valence-corrected chi connectivity index (χ1v) is 7.59. The topological polar surface area (TPSA) is 81.4 Å². The van der Waals surface area contributed by atoms with Crippen LogP contribution in [0.3, 0.4) is 0 Å². The van der Waals surface area contributed by atoms with Gasteiger partial charge in [-0.2, -0.15) is 20.1 Å². The Bertz CT molecular complexity index is 747. The molecule has 3 aromatic rings. The normalized spacial score (nSPS) is 10.6. The van der Waals surface area contributed by atoms with Crippen LogP contribution in [0.4, 0.5) is 5.95 Å². The highest BCUT2D eigenvalue weighted by Crippen LogP contribution is 2.29. The van der Waals surface area contributed by atoms with E-state index in [2.05, 4.69) is 46.3 Å². The molecule has 3 aromatic heterocycles. The van der Waals surface area contributed by atoms with Crippen LogP contribution in [0.1, 0.15) is 0 Å². The van der Waals surface area contributed by atoms with Gasteiger partial charge in [0.05, 0.1) is 4.47 Å². The molecule has 0 aliphatic heterocycles. The summed E-state index contributed by atoms with van der Waals surface area (Å²) in [5.41, 5.74) is 0. The Morgan fingerprint density at radius 2 is 2.10 bits per heavy atom. The molecule has 3 rings (SSSR count). The second-order valence-electron chi connectivity index (χ2n) is 3.83. The van der Waals surface area contributed by atoms with Gasteiger partial charge in [0.25, 0.3) is 5.95 Å². The number of aromatic nitrogens is 6. The molecule has 0 saturated heterocycles. The van der Waals surface area contributed by atoms with Gasteiger partial charge in [-0.05, 0) is 45.9 Å². The molecule has 21 heavy (non-hydrogen) atoms. The zero-order chi connectivity index (χ0) is 14.7. The predicted molar refractivity (Wildman–Crippen MR) is 82.6 cm³/mol. The summed E-state index contributed by atoms with van der Waals surface area (Å²) in [5.74, 6) is 0.930. The summed E-state index contributed by atoms with van der Waals surface area (Å²) in [4.78, 5) is 17.3. The Morgan fingerprint density at radius 1 is 1.19 bits per heavy atom. The summed E-state index contributed by atoms with van der Waals surface area (Å²) in [5, 5.41) is 8.38. The summed E-state index contributed by atoms with van der Waals surface area (Å²) in [6.07, 6.45) is 5.17. The maximum absolute atomic E-state index is 4.40. The average molecular weight is 364 g/mol. The Hall–Kier alpha value is -2.00. The zero-order valence-electron chi connectivity index (χ0n) is 10.9. The van der Waals surface area contributed by atoms with Crippen LogP contribution in [0.5, 0.6) is 0 Å². The van der Waals surface area contributed by atoms with Gasteiger partial charge >= 0.3 is 0 Å². The van der Waals surface area contributed by atoms with E-state index in [1.54, 1.807) is 30.3 Å². The lowest BCUT2D eigenvalue weighted by Gasteiger charge is -2.06. The van der Waals surface area contributed by atoms with Gasteiger partial charge in [0, 0.05) is 25.6 Å². The van der Waals surface area contributed by atoms with Gasteiger partial charge in [0.2, 0.25) is 11.1 Å². The molecule has 3 heterocycles. The van der Waals surface area contributed by atoms with Crippen molar-refractivity contribution in [2.75, 3.05) is 12.4 Å². The van der Waals surface area contributed by atoms with E-state index in [-0.39, 0.29) is 0 Å². The quantitative estimate of drug-likeness (QED) is 0.761. The number of nitrogens with zero attached hydrogens (tertiary/aromatic N) is 6. The fraction of sp³-hybridized carbons (Fsp3) is 0.0833. The lowest BCUT2D eigenvalue weighted by atomic mass is 10.5. The van der Waals surface area contributed by atoms with Crippen molar-refractivity contribution in [2.24, 2.45) is 0 Å². The lowest BCUT2D eigenvalue weighted by molar-refractivity contribution is 0.761. The minimum absolute atomic E-state index is 0.453. The number of nitrogens with one attached hydrogen (secondary N) is 1. The van der Waals surface area contributed by atoms with Crippen LogP contribution in [0.15, 0.2) is 51.4 Å². The maximum atomic E-state index is 4.40. The molecule has 0 amide bonds. The number of anilines is 1. The molecule has 0 aromatic carbocycles. The molecule has 0 fully saturated rings. The van der Waals surface area contributed by atoms with Crippen molar-refractivity contribution >= 4 is 33.6 Å². The van der Waals surface area contributed by atoms with Crippen molar-refractivity contribution in [1.82, 2.24) is 29.7 Å². The molecule has 0 radical (unpaired) electrons. The van der Waals surface area contributed by atoms with Crippen LogP contribution in [0, 0.1) is 0 Å². The standard InChI is InChI=1S/C12H10BrN7S/c1-14-10-17-11(20-7-3-6-16-20)19-12(18-10)21-9-8(13)4-2-5-15-9/h2-7H,1H3,(H,14,17,18,19). The van der Waals surface area contributed by atoms with E-state index in [1.165, 1.54) is 11.8 Å². The molecule has 0 aliphatic rings. The van der Waals surface area contributed by atoms with E-state index in [0.29, 0.717) is 17.1 Å². The lowest BCUT2D eigenvalue weighted by Crippen LogP contribution is -2.07. The van der Waals surface area contributed by atoms with Crippen molar-refractivity contribution in [2.45, 2.75) is 10.2 Å². The minimum Gasteiger partial charge on any atom is -0.357 e. The number of hydrogen-bond donors (Lipinski definition) is 1. The van der Waals surface area contributed by atoms with Gasteiger partial charge in [-0.1, -0.05) is 0 Å². The van der Waals surface area contributed by atoms with Crippen LogP contribution in [-0.4, -0.2) is 36.8 Å². The zero-order valence-corrected chi connectivity index (χ0v) is 13.3. The molecule has 1 N–H and O–H groups in total. The van der Waals surface area contributed by atoms with E-state index >= 15 is 0 Å². The summed E-state index contributed by atoms with van der Waals surface area (Å²) >= 11 is 4.81. The SMILES string of the molecule is CNc1nc(Sc2ncccc2Br)nc(-n2cccn2)n1. The largest absolute Gasteiger partial charge is 0.357 e. The third-order valence-corrected chi connectivity index (χ3v) is 4.23. The monoisotopic (exact) mass is 363 g/mol. The van der Waals surface area contributed by atoms with Gasteiger partial charge in [-0.3, -0.25) is 0 Å². The Balaban J connectivity index is 1.99. The number of halogens is 1. The summed E-state index contributed by atoms with van der Waals surface area (Å²) < 4.78 is 2.47. The number of rotatable bonds is 4. The van der Waals surface area contributed by atoms with Crippen LogP contribution in [-0.2, 0) is 0 Å². The van der Waals surface area contributed by atoms with Gasteiger partial charge in [-0.25, -0.2) is 9.67 Å². The third kappa shape index (κ3) is 3.19. The van der Waals surface area contributed by atoms with Crippen LogP contribution in [0.25, 0.3) is 5.95 Å². The maximum Gasteiger partial charge on any atom is 0.256 e. The molecule has 0 spiro atoms. The Morgan fingerprint density at radius 3 is 2.81 bits per heavy atom. The second-order valence-corrected chi connectivity index (χ2v) is 5.64. The van der Waals surface area contributed by atoms with Crippen molar-refractivity contribution in [3.05, 3.63) is 41.3 Å². The third-order valence-electron chi connectivity index (χ3n) is 2.45. The van der Waals surface area contributed by atoms with Crippen molar-refractivity contribution in [1.29, 1.82) is 0 Å². The van der Waals surface area contributed by atoms with Gasteiger partial charge < -0.3 is 5.32 Å². The smallest absolute Gasteiger partial charge is 0.256 e. The van der Waals surface area contributed by atoms with Gasteiger partial charge in [-0.15, -0.1) is 0 Å². The first-order chi connectivity index (χ1) is 10.3. The Labute approximate surface area is 133 Å². The Kier molecular flexibility index (Phi) is 4.11. The molecular weight excluding hydrogens is 354 g/mol. The van der Waals surface area contributed by atoms with E-state index in [9.17, 15) is 0 Å². The van der Waals surface area contributed by atoms with Crippen molar-refractivity contribution in [3.63, 3.8) is 0 Å². The van der Waals surface area contributed by atoms with E-state index in [4.69, 9.17) is 0 Å². The fourth-order valence-corrected chi connectivity index (χ4v) is 2.73. The highest BCUT2D eigenvalue weighted by molar-refractivity contribution is 9.10. The summed E-state index contributed by atoms with van der Waals surface area (Å²) in [7, 11) is 1.76. The molecule has 0 unspecified atom stereocenters. The summed E-state index contributed by atoms with van der Waals surface area (Å²) in [6.45, 7) is 0. The molecule has 7 nitrogen and oxygen atoms in total. The molecule has 9 heteroatoms. The second kappa shape index (κ2) is 6.19. The molecule has 0 atom stereocenters. The van der Waals surface area contributed by atoms with E-state index in [0.717, 1.165) is 9.50 Å². The molecule has 0 saturated carbocycles. The minimum atomic E-state index is 0.453. The highest BCUT2D eigenvalue weighted by atomic mass is 79.9. The summed E-state index contributed by atoms with van der Waals surface area (Å²) in [6, 6.07) is 5.59. The van der Waals surface area contributed by atoms with Gasteiger partial charge in [0.15, 0.2) is 0 Å². The first kappa shape index (κ1) is 14.0. The van der Waals surface area contributed by atoms with Crippen molar-refractivity contribution < 1.29 is 0 Å². The van der Waals surface area contributed by atoms with E-state index in [1.807, 2.05) is 18.2 Å². The first-order valence-electron chi connectivity index (χ1n) is 5.98. The fourth-order valence-electron chi connectivity index (χ4n) is 1.53. The molecule has 106 valence electrons. The van der Waals surface area contributed by atoms with Crippen LogP contribution in [0.2, 0.25) is 0 Å². The number of hydrogen-bond acceptors (Lipinski definition) is 7. The van der Waals surface area contributed by atoms with Gasteiger partial charge in [0.1, 0.15) is 5.03 Å². The van der Waals surface area contributed by atoms with Crippen LogP contribution >= 0.6 is 27.7 Å². The molecule has 0 aliphatic carbocycles. The van der Waals surface area contributed by atoms with Crippen LogP contribution < -0.4 is 5.32 Å². The molecular formula is C12H10BrN7S. The van der Waals surface area contributed by atoms with Crippen molar-refractivity contribution in [3.8, 4) is 5.95 Å². The predicted octanol–water partition coefficient (Wildman–Crippen LogP) is 2.41. The highest BCUT2D eigenvalue weighted by Gasteiger charge is 2.11. The molecule has 0 bridgehead atoms.